The van der Waals surface area contributed by atoms with Crippen molar-refractivity contribution in [1.82, 2.24) is 4.57 Å². The maximum atomic E-state index is 12.9. The maximum absolute atomic E-state index is 12.9. The van der Waals surface area contributed by atoms with Gasteiger partial charge in [0.15, 0.2) is 17.5 Å². The van der Waals surface area contributed by atoms with E-state index in [1.54, 1.807) is 36.4 Å². The van der Waals surface area contributed by atoms with Crippen molar-refractivity contribution in [3.8, 4) is 11.8 Å². The first-order valence-corrected chi connectivity index (χ1v) is 6.92. The lowest BCUT2D eigenvalue weighted by molar-refractivity contribution is 0.0936. The predicted octanol–water partition coefficient (Wildman–Crippen LogP) is 3.37. The first kappa shape index (κ1) is 13.9. The Bertz CT molecular complexity index is 759. The monoisotopic (exact) mass is 293 g/mol. The summed E-state index contributed by atoms with van der Waals surface area (Å²) in [5, 5.41) is 20.0. The fourth-order valence-electron chi connectivity index (χ4n) is 2.50. The van der Waals surface area contributed by atoms with E-state index in [-0.39, 0.29) is 17.5 Å². The molecule has 0 spiro atoms. The molecule has 1 heterocycles. The number of Topliss-reactive ketones (excluding diaryl/α,β-unsaturated/α-hetero) is 1. The van der Waals surface area contributed by atoms with Gasteiger partial charge < -0.3 is 10.2 Å². The van der Waals surface area contributed by atoms with Crippen LogP contribution >= 0.6 is 0 Å². The molecule has 0 radical (unpaired) electrons. The summed E-state index contributed by atoms with van der Waals surface area (Å²) in [7, 11) is 0. The Balaban J connectivity index is 2.14. The molecule has 0 saturated carbocycles. The zero-order valence-electron chi connectivity index (χ0n) is 11.8. The molecule has 3 rings (SSSR count). The molecule has 4 nitrogen and oxygen atoms in total. The molecule has 0 fully saturated rings. The van der Waals surface area contributed by atoms with Gasteiger partial charge in [0, 0.05) is 17.7 Å². The van der Waals surface area contributed by atoms with E-state index in [2.05, 4.69) is 0 Å². The molecule has 3 aromatic rings. The number of aromatic nitrogens is 1. The lowest BCUT2D eigenvalue weighted by Crippen LogP contribution is -2.20. The largest absolute Gasteiger partial charge is 0.494 e. The van der Waals surface area contributed by atoms with E-state index >= 15 is 0 Å². The normalized spacial score (nSPS) is 12.0. The third-order valence-corrected chi connectivity index (χ3v) is 3.56. The van der Waals surface area contributed by atoms with E-state index < -0.39 is 6.04 Å². The molecular weight excluding hydrogens is 278 g/mol. The highest BCUT2D eigenvalue weighted by atomic mass is 16.3. The van der Waals surface area contributed by atoms with Crippen LogP contribution in [-0.4, -0.2) is 20.6 Å². The molecule has 2 aromatic carbocycles. The van der Waals surface area contributed by atoms with Crippen LogP contribution in [0.25, 0.3) is 0 Å². The van der Waals surface area contributed by atoms with Crippen LogP contribution in [0.3, 0.4) is 0 Å². The van der Waals surface area contributed by atoms with E-state index in [0.717, 1.165) is 0 Å². The Kier molecular flexibility index (Phi) is 3.66. The van der Waals surface area contributed by atoms with Gasteiger partial charge in [-0.1, -0.05) is 60.7 Å². The van der Waals surface area contributed by atoms with E-state index in [9.17, 15) is 15.0 Å². The van der Waals surface area contributed by atoms with Gasteiger partial charge in [0.1, 0.15) is 6.04 Å². The van der Waals surface area contributed by atoms with E-state index in [0.29, 0.717) is 11.1 Å². The minimum atomic E-state index is -0.821. The van der Waals surface area contributed by atoms with Crippen molar-refractivity contribution >= 4 is 5.78 Å². The van der Waals surface area contributed by atoms with Gasteiger partial charge in [-0.15, -0.1) is 0 Å². The van der Waals surface area contributed by atoms with E-state index in [1.807, 2.05) is 24.3 Å². The van der Waals surface area contributed by atoms with Crippen LogP contribution in [0.2, 0.25) is 0 Å². The lowest BCUT2D eigenvalue weighted by atomic mass is 9.97. The Morgan fingerprint density at radius 3 is 1.82 bits per heavy atom. The summed E-state index contributed by atoms with van der Waals surface area (Å²) in [6.45, 7) is 0. The molecule has 0 aliphatic heterocycles. The van der Waals surface area contributed by atoms with Crippen LogP contribution in [0.4, 0.5) is 0 Å². The molecular formula is C18H15NO3. The number of benzene rings is 2. The van der Waals surface area contributed by atoms with Gasteiger partial charge in [0.05, 0.1) is 0 Å². The highest BCUT2D eigenvalue weighted by Crippen LogP contribution is 2.33. The second-order valence-electron chi connectivity index (χ2n) is 4.96. The van der Waals surface area contributed by atoms with Crippen LogP contribution in [0.1, 0.15) is 22.0 Å². The van der Waals surface area contributed by atoms with Gasteiger partial charge in [-0.3, -0.25) is 9.36 Å². The molecule has 1 atom stereocenters. The van der Waals surface area contributed by atoms with Gasteiger partial charge in [0.2, 0.25) is 0 Å². The van der Waals surface area contributed by atoms with Crippen molar-refractivity contribution in [2.75, 3.05) is 0 Å². The number of ketones is 1. The molecule has 1 unspecified atom stereocenters. The molecule has 1 aromatic heterocycles. The van der Waals surface area contributed by atoms with Gasteiger partial charge in [-0.05, 0) is 5.56 Å². The molecule has 0 amide bonds. The molecule has 22 heavy (non-hydrogen) atoms. The molecule has 0 aliphatic carbocycles. The summed E-state index contributed by atoms with van der Waals surface area (Å²) in [6, 6.07) is 19.8. The van der Waals surface area contributed by atoms with Crippen molar-refractivity contribution in [2.24, 2.45) is 0 Å². The molecule has 4 heteroatoms. The minimum absolute atomic E-state index is 0.157. The topological polar surface area (TPSA) is 62.5 Å². The summed E-state index contributed by atoms with van der Waals surface area (Å²) < 4.78 is 1.23. The standard InChI is InChI=1S/C18H15NO3/c20-15-11-12-16(21)19(15)17(13-7-3-1-4-8-13)18(22)14-9-5-2-6-10-14/h1-12,17,20-21H. The number of hydrogen-bond acceptors (Lipinski definition) is 3. The zero-order valence-corrected chi connectivity index (χ0v) is 11.8. The van der Waals surface area contributed by atoms with Crippen LogP contribution in [0.5, 0.6) is 11.8 Å². The minimum Gasteiger partial charge on any atom is -0.494 e. The first-order chi connectivity index (χ1) is 10.7. The summed E-state index contributed by atoms with van der Waals surface area (Å²) in [5.41, 5.74) is 1.21. The van der Waals surface area contributed by atoms with Crippen molar-refractivity contribution in [3.05, 3.63) is 83.9 Å². The maximum Gasteiger partial charge on any atom is 0.194 e. The molecule has 0 aliphatic rings. The van der Waals surface area contributed by atoms with Gasteiger partial charge in [0.25, 0.3) is 0 Å². The third-order valence-electron chi connectivity index (χ3n) is 3.56. The fraction of sp³-hybridized carbons (Fsp3) is 0.0556. The predicted molar refractivity (Wildman–Crippen MR) is 83.1 cm³/mol. The van der Waals surface area contributed by atoms with Crippen LogP contribution < -0.4 is 0 Å². The molecule has 110 valence electrons. The summed E-state index contributed by atoms with van der Waals surface area (Å²) in [4.78, 5) is 12.9. The zero-order chi connectivity index (χ0) is 15.5. The Morgan fingerprint density at radius 1 is 0.773 bits per heavy atom. The average Bonchev–Trinajstić information content (AvgIpc) is 2.89. The highest BCUT2D eigenvalue weighted by Gasteiger charge is 2.27. The number of nitrogens with zero attached hydrogens (tertiary/aromatic N) is 1. The van der Waals surface area contributed by atoms with Crippen molar-refractivity contribution in [3.63, 3.8) is 0 Å². The summed E-state index contributed by atoms with van der Waals surface area (Å²) >= 11 is 0. The number of hydrogen-bond donors (Lipinski definition) is 2. The highest BCUT2D eigenvalue weighted by molar-refractivity contribution is 6.01. The Morgan fingerprint density at radius 2 is 1.27 bits per heavy atom. The van der Waals surface area contributed by atoms with Gasteiger partial charge in [-0.25, -0.2) is 0 Å². The van der Waals surface area contributed by atoms with Crippen molar-refractivity contribution in [2.45, 2.75) is 6.04 Å². The van der Waals surface area contributed by atoms with Crippen LogP contribution in [0.15, 0.2) is 72.8 Å². The number of carbonyl (C=O) groups is 1. The average molecular weight is 293 g/mol. The van der Waals surface area contributed by atoms with Crippen LogP contribution in [0, 0.1) is 0 Å². The first-order valence-electron chi connectivity index (χ1n) is 6.92. The van der Waals surface area contributed by atoms with Crippen molar-refractivity contribution < 1.29 is 15.0 Å². The molecule has 0 bridgehead atoms. The smallest absolute Gasteiger partial charge is 0.194 e. The third kappa shape index (κ3) is 2.46. The summed E-state index contributed by atoms with van der Waals surface area (Å²) in [6.07, 6.45) is 0. The van der Waals surface area contributed by atoms with Crippen molar-refractivity contribution in [1.29, 1.82) is 0 Å². The Hall–Kier alpha value is -3.01. The number of aromatic hydroxyl groups is 2. The van der Waals surface area contributed by atoms with E-state index in [4.69, 9.17) is 0 Å². The van der Waals surface area contributed by atoms with E-state index in [1.165, 1.54) is 16.7 Å². The number of rotatable bonds is 4. The summed E-state index contributed by atoms with van der Waals surface area (Å²) in [5.74, 6) is -0.514. The Labute approximate surface area is 127 Å². The SMILES string of the molecule is O=C(c1ccccc1)C(c1ccccc1)n1c(O)ccc1O. The fourth-order valence-corrected chi connectivity index (χ4v) is 2.50. The number of carbonyl (C=O) groups excluding carboxylic acids is 1. The quantitative estimate of drug-likeness (QED) is 0.725. The van der Waals surface area contributed by atoms with Gasteiger partial charge >= 0.3 is 0 Å². The molecule has 0 saturated heterocycles. The second-order valence-corrected chi connectivity index (χ2v) is 4.96. The second kappa shape index (κ2) is 5.77. The van der Waals surface area contributed by atoms with Crippen LogP contribution in [-0.2, 0) is 0 Å². The molecule has 2 N–H and O–H groups in total. The lowest BCUT2D eigenvalue weighted by Gasteiger charge is -2.20. The van der Waals surface area contributed by atoms with Gasteiger partial charge in [-0.2, -0.15) is 0 Å².